The zero-order valence-electron chi connectivity index (χ0n) is 22.2. The molecule has 2 aromatic heterocycles. The van der Waals surface area contributed by atoms with Crippen LogP contribution in [0.15, 0.2) is 51.9 Å². The number of nitrogens with zero attached hydrogens (tertiary/aromatic N) is 3. The van der Waals surface area contributed by atoms with Crippen molar-refractivity contribution in [1.82, 2.24) is 14.7 Å². The minimum absolute atomic E-state index is 0.118. The van der Waals surface area contributed by atoms with E-state index in [-0.39, 0.29) is 16.6 Å². The van der Waals surface area contributed by atoms with Gasteiger partial charge in [-0.2, -0.15) is 0 Å². The zero-order chi connectivity index (χ0) is 27.0. The first kappa shape index (κ1) is 25.9. The number of imidazole rings is 1. The van der Waals surface area contributed by atoms with Crippen LogP contribution < -0.4 is 4.72 Å². The molecular formula is C29H32N4O4S. The number of ketones is 1. The summed E-state index contributed by atoms with van der Waals surface area (Å²) in [7, 11) is -3.94. The standard InChI is InChI=1S/C29H32N4O4S/c1-5-22-16-21(17-33-20(4)30-25-11-7-8-12-26(34)28(25)33)14-15-23(22)24-10-6-9-13-27(24)38(35,36)32-29-18(2)19(3)31-37-29/h6,9-10,13-16,32H,5,7-8,11-12,17H2,1-4H3. The monoisotopic (exact) mass is 532 g/mol. The highest BCUT2D eigenvalue weighted by atomic mass is 32.2. The van der Waals surface area contributed by atoms with Gasteiger partial charge in [0, 0.05) is 24.1 Å². The third-order valence-electron chi connectivity index (χ3n) is 7.30. The predicted octanol–water partition coefficient (Wildman–Crippen LogP) is 5.78. The van der Waals surface area contributed by atoms with Crippen LogP contribution in [-0.4, -0.2) is 28.9 Å². The molecule has 2 heterocycles. The molecule has 0 unspecified atom stereocenters. The van der Waals surface area contributed by atoms with Crippen molar-refractivity contribution < 1.29 is 17.7 Å². The lowest BCUT2D eigenvalue weighted by molar-refractivity contribution is 0.0973. The van der Waals surface area contributed by atoms with Gasteiger partial charge in [0.2, 0.25) is 5.88 Å². The Balaban J connectivity index is 1.51. The van der Waals surface area contributed by atoms with Crippen LogP contribution >= 0.6 is 0 Å². The molecule has 38 heavy (non-hydrogen) atoms. The summed E-state index contributed by atoms with van der Waals surface area (Å²) in [6.07, 6.45) is 3.99. The Hall–Kier alpha value is -3.72. The molecule has 9 heteroatoms. The molecule has 4 aromatic rings. The number of aromatic nitrogens is 3. The van der Waals surface area contributed by atoms with Gasteiger partial charge in [-0.25, -0.2) is 18.1 Å². The Kier molecular flexibility index (Phi) is 6.96. The van der Waals surface area contributed by atoms with Crippen LogP contribution in [0.5, 0.6) is 0 Å². The summed E-state index contributed by atoms with van der Waals surface area (Å²) in [6.45, 7) is 8.06. The van der Waals surface area contributed by atoms with Gasteiger partial charge >= 0.3 is 0 Å². The zero-order valence-corrected chi connectivity index (χ0v) is 23.0. The van der Waals surface area contributed by atoms with Crippen molar-refractivity contribution in [3.63, 3.8) is 0 Å². The lowest BCUT2D eigenvalue weighted by Gasteiger charge is -2.16. The number of carbonyl (C=O) groups excluding carboxylic acids is 1. The number of carbonyl (C=O) groups is 1. The smallest absolute Gasteiger partial charge is 0.264 e. The molecule has 8 nitrogen and oxygen atoms in total. The largest absolute Gasteiger partial charge is 0.337 e. The Morgan fingerprint density at radius 3 is 2.53 bits per heavy atom. The van der Waals surface area contributed by atoms with E-state index in [1.807, 2.05) is 35.8 Å². The molecular weight excluding hydrogens is 500 g/mol. The molecule has 0 amide bonds. The number of anilines is 1. The normalized spacial score (nSPS) is 13.8. The highest BCUT2D eigenvalue weighted by Crippen LogP contribution is 2.33. The van der Waals surface area contributed by atoms with Gasteiger partial charge in [0.05, 0.1) is 16.3 Å². The highest BCUT2D eigenvalue weighted by molar-refractivity contribution is 7.92. The molecule has 0 aliphatic heterocycles. The van der Waals surface area contributed by atoms with Crippen molar-refractivity contribution in [3.05, 3.63) is 82.1 Å². The van der Waals surface area contributed by atoms with Crippen LogP contribution in [0, 0.1) is 20.8 Å². The number of fused-ring (bicyclic) bond motifs is 1. The van der Waals surface area contributed by atoms with Crippen molar-refractivity contribution in [3.8, 4) is 11.1 Å². The fourth-order valence-corrected chi connectivity index (χ4v) is 6.37. The van der Waals surface area contributed by atoms with Gasteiger partial charge in [-0.1, -0.05) is 48.5 Å². The summed E-state index contributed by atoms with van der Waals surface area (Å²) in [5.41, 5.74) is 6.44. The molecule has 0 spiro atoms. The van der Waals surface area contributed by atoms with Gasteiger partial charge in [0.1, 0.15) is 11.5 Å². The van der Waals surface area contributed by atoms with Gasteiger partial charge in [-0.15, -0.1) is 0 Å². The maximum Gasteiger partial charge on any atom is 0.264 e. The molecule has 2 aromatic carbocycles. The first-order valence-electron chi connectivity index (χ1n) is 13.0. The molecule has 5 rings (SSSR count). The lowest BCUT2D eigenvalue weighted by atomic mass is 9.96. The topological polar surface area (TPSA) is 107 Å². The Morgan fingerprint density at radius 2 is 1.79 bits per heavy atom. The lowest BCUT2D eigenvalue weighted by Crippen LogP contribution is -2.14. The van der Waals surface area contributed by atoms with E-state index in [4.69, 9.17) is 9.51 Å². The number of rotatable bonds is 7. The average Bonchev–Trinajstić information content (AvgIpc) is 3.31. The third-order valence-corrected chi connectivity index (χ3v) is 8.69. The second kappa shape index (κ2) is 10.2. The fourth-order valence-electron chi connectivity index (χ4n) is 5.10. The van der Waals surface area contributed by atoms with E-state index in [9.17, 15) is 13.2 Å². The van der Waals surface area contributed by atoms with Crippen LogP contribution in [0.25, 0.3) is 11.1 Å². The van der Waals surface area contributed by atoms with Gasteiger partial charge in [0.15, 0.2) is 5.78 Å². The minimum Gasteiger partial charge on any atom is -0.337 e. The summed E-state index contributed by atoms with van der Waals surface area (Å²) in [4.78, 5) is 17.7. The van der Waals surface area contributed by atoms with Crippen LogP contribution in [0.4, 0.5) is 5.88 Å². The van der Waals surface area contributed by atoms with E-state index in [1.54, 1.807) is 26.0 Å². The van der Waals surface area contributed by atoms with Gasteiger partial charge < -0.3 is 9.09 Å². The molecule has 0 bridgehead atoms. The molecule has 1 N–H and O–H groups in total. The average molecular weight is 533 g/mol. The molecule has 198 valence electrons. The van der Waals surface area contributed by atoms with Crippen LogP contribution in [0.1, 0.15) is 70.6 Å². The van der Waals surface area contributed by atoms with Crippen molar-refractivity contribution in [1.29, 1.82) is 0 Å². The second-order valence-corrected chi connectivity index (χ2v) is 11.5. The van der Waals surface area contributed by atoms with E-state index in [0.717, 1.165) is 53.2 Å². The maximum atomic E-state index is 13.4. The molecule has 0 atom stereocenters. The number of nitrogens with one attached hydrogen (secondary N) is 1. The Morgan fingerprint density at radius 1 is 1.03 bits per heavy atom. The number of hydrogen-bond donors (Lipinski definition) is 1. The van der Waals surface area contributed by atoms with Crippen molar-refractivity contribution in [2.24, 2.45) is 0 Å². The van der Waals surface area contributed by atoms with E-state index >= 15 is 0 Å². The SMILES string of the molecule is CCc1cc(Cn2c(C)nc3c2C(=O)CCCC3)ccc1-c1ccccc1S(=O)(=O)Nc1onc(C)c1C. The summed E-state index contributed by atoms with van der Waals surface area (Å²) < 4.78 is 36.6. The van der Waals surface area contributed by atoms with Crippen molar-refractivity contribution in [2.45, 2.75) is 71.2 Å². The summed E-state index contributed by atoms with van der Waals surface area (Å²) in [5.74, 6) is 1.12. The van der Waals surface area contributed by atoms with Crippen LogP contribution in [-0.2, 0) is 29.4 Å². The fraction of sp³-hybridized carbons (Fsp3) is 0.345. The van der Waals surface area contributed by atoms with Crippen molar-refractivity contribution in [2.75, 3.05) is 4.72 Å². The second-order valence-electron chi connectivity index (χ2n) is 9.84. The number of aryl methyl sites for hydroxylation is 4. The van der Waals surface area contributed by atoms with Crippen molar-refractivity contribution >= 4 is 21.7 Å². The van der Waals surface area contributed by atoms with E-state index in [0.29, 0.717) is 36.2 Å². The van der Waals surface area contributed by atoms with Crippen LogP contribution in [0.2, 0.25) is 0 Å². The first-order chi connectivity index (χ1) is 18.2. The van der Waals surface area contributed by atoms with Gasteiger partial charge in [0.25, 0.3) is 10.0 Å². The van der Waals surface area contributed by atoms with E-state index in [1.165, 1.54) is 0 Å². The quantitative estimate of drug-likeness (QED) is 0.302. The molecule has 0 saturated carbocycles. The summed E-state index contributed by atoms with van der Waals surface area (Å²) in [6, 6.07) is 13.0. The molecule has 1 aliphatic rings. The minimum atomic E-state index is -3.94. The number of benzene rings is 2. The molecule has 0 saturated heterocycles. The number of sulfonamides is 1. The van der Waals surface area contributed by atoms with E-state index < -0.39 is 10.0 Å². The Labute approximate surface area is 223 Å². The summed E-state index contributed by atoms with van der Waals surface area (Å²) >= 11 is 0. The van der Waals surface area contributed by atoms with Gasteiger partial charge in [-0.05, 0) is 69.2 Å². The Bertz CT molecular complexity index is 1630. The highest BCUT2D eigenvalue weighted by Gasteiger charge is 2.25. The molecule has 0 fully saturated rings. The van der Waals surface area contributed by atoms with Gasteiger partial charge in [-0.3, -0.25) is 4.79 Å². The van der Waals surface area contributed by atoms with Crippen LogP contribution in [0.3, 0.4) is 0 Å². The summed E-state index contributed by atoms with van der Waals surface area (Å²) in [5, 5.41) is 3.86. The van der Waals surface area contributed by atoms with E-state index in [2.05, 4.69) is 22.9 Å². The molecule has 0 radical (unpaired) electrons. The molecule has 1 aliphatic carbocycles. The predicted molar refractivity (Wildman–Crippen MR) is 146 cm³/mol. The third kappa shape index (κ3) is 4.78. The number of Topliss-reactive ketones (excluding diaryl/α,β-unsaturated/α-hetero) is 1. The maximum absolute atomic E-state index is 13.4. The number of hydrogen-bond acceptors (Lipinski definition) is 6. The first-order valence-corrected chi connectivity index (χ1v) is 14.4.